The van der Waals surface area contributed by atoms with Crippen LogP contribution >= 0.6 is 0 Å². The van der Waals surface area contributed by atoms with Crippen LogP contribution in [0.25, 0.3) is 10.9 Å². The van der Waals surface area contributed by atoms with Crippen molar-refractivity contribution in [1.82, 2.24) is 9.55 Å². The number of anilines is 1. The number of nitrogens with zero attached hydrogens (tertiary/aromatic N) is 2. The van der Waals surface area contributed by atoms with E-state index in [0.717, 1.165) is 0 Å². The molecule has 2 heterocycles. The average molecular weight is 458 g/mol. The molecular formula is C21H23F5N4O2. The zero-order valence-electron chi connectivity index (χ0n) is 17.3. The van der Waals surface area contributed by atoms with Crippen LogP contribution in [0.2, 0.25) is 0 Å². The normalized spacial score (nSPS) is 27.4. The molecule has 0 radical (unpaired) electrons. The molecule has 3 unspecified atom stereocenters. The van der Waals surface area contributed by atoms with Gasteiger partial charge in [0, 0.05) is 37.0 Å². The van der Waals surface area contributed by atoms with Crippen molar-refractivity contribution in [1.29, 1.82) is 0 Å². The third kappa shape index (κ3) is 3.00. The molecule has 1 aliphatic heterocycles. The lowest BCUT2D eigenvalue weighted by atomic mass is 9.76. The van der Waals surface area contributed by atoms with E-state index >= 15 is 4.39 Å². The fourth-order valence-electron chi connectivity index (χ4n) is 5.59. The van der Waals surface area contributed by atoms with E-state index < -0.39 is 52.3 Å². The van der Waals surface area contributed by atoms with Crippen LogP contribution in [0.3, 0.4) is 0 Å². The molecule has 2 aromatic rings. The fourth-order valence-corrected chi connectivity index (χ4v) is 5.59. The quantitative estimate of drug-likeness (QED) is 0.692. The minimum Gasteiger partial charge on any atom is -0.368 e. The van der Waals surface area contributed by atoms with E-state index in [4.69, 9.17) is 5.73 Å². The summed E-state index contributed by atoms with van der Waals surface area (Å²) in [5.41, 5.74) is 2.93. The molecule has 2 saturated carbocycles. The van der Waals surface area contributed by atoms with Crippen LogP contribution in [0.4, 0.5) is 27.6 Å². The molecule has 174 valence electrons. The fraction of sp³-hybridized carbons (Fsp3) is 0.619. The molecule has 3 aliphatic rings. The predicted octanol–water partition coefficient (Wildman–Crippen LogP) is 3.22. The smallest absolute Gasteiger partial charge is 0.329 e. The van der Waals surface area contributed by atoms with Crippen molar-refractivity contribution < 1.29 is 22.0 Å². The summed E-state index contributed by atoms with van der Waals surface area (Å²) in [6.45, 7) is 1.66. The van der Waals surface area contributed by atoms with Gasteiger partial charge in [-0.2, -0.15) is 0 Å². The van der Waals surface area contributed by atoms with Crippen LogP contribution in [0, 0.1) is 24.6 Å². The lowest BCUT2D eigenvalue weighted by molar-refractivity contribution is -0.0794. The maximum absolute atomic E-state index is 15.6. The summed E-state index contributed by atoms with van der Waals surface area (Å²) in [4.78, 5) is 28.5. The average Bonchev–Trinajstić information content (AvgIpc) is 3.44. The van der Waals surface area contributed by atoms with Gasteiger partial charge in [0.15, 0.2) is 5.82 Å². The van der Waals surface area contributed by atoms with Crippen molar-refractivity contribution in [3.63, 3.8) is 0 Å². The second-order valence-electron chi connectivity index (χ2n) is 9.24. The second kappa shape index (κ2) is 7.03. The van der Waals surface area contributed by atoms with Crippen molar-refractivity contribution >= 4 is 16.6 Å². The number of rotatable bonds is 3. The molecule has 0 spiro atoms. The van der Waals surface area contributed by atoms with Gasteiger partial charge >= 0.3 is 5.69 Å². The van der Waals surface area contributed by atoms with Crippen LogP contribution in [-0.4, -0.2) is 34.6 Å². The van der Waals surface area contributed by atoms with Crippen molar-refractivity contribution in [2.24, 2.45) is 17.6 Å². The Kier molecular flexibility index (Phi) is 4.71. The summed E-state index contributed by atoms with van der Waals surface area (Å²) >= 11 is 0. The summed E-state index contributed by atoms with van der Waals surface area (Å²) < 4.78 is 73.2. The largest absolute Gasteiger partial charge is 0.368 e. The third-order valence-electron chi connectivity index (χ3n) is 7.30. The zero-order chi connectivity index (χ0) is 23.1. The zero-order valence-corrected chi connectivity index (χ0v) is 17.3. The molecule has 1 aromatic carbocycles. The monoisotopic (exact) mass is 458 g/mol. The molecule has 5 rings (SSSR count). The maximum Gasteiger partial charge on any atom is 0.329 e. The minimum absolute atomic E-state index is 0.00970. The highest BCUT2D eigenvalue weighted by Gasteiger charge is 2.52. The van der Waals surface area contributed by atoms with Gasteiger partial charge < -0.3 is 10.6 Å². The number of aromatic nitrogens is 2. The number of hydrogen-bond donors (Lipinski definition) is 2. The molecule has 3 atom stereocenters. The van der Waals surface area contributed by atoms with Gasteiger partial charge in [-0.1, -0.05) is 0 Å². The first-order valence-corrected chi connectivity index (χ1v) is 10.7. The van der Waals surface area contributed by atoms with Crippen LogP contribution < -0.4 is 21.9 Å². The summed E-state index contributed by atoms with van der Waals surface area (Å²) in [6, 6.07) is -1.67. The number of nitrogens with one attached hydrogen (secondary N) is 1. The van der Waals surface area contributed by atoms with Gasteiger partial charge in [-0.3, -0.25) is 14.3 Å². The van der Waals surface area contributed by atoms with Crippen LogP contribution in [0.15, 0.2) is 9.59 Å². The molecule has 6 nitrogen and oxygen atoms in total. The second-order valence-corrected chi connectivity index (χ2v) is 9.24. The standard InChI is InChI=1S/C21H23F5N4O2/c1-8-15-13(19(31)28-20(32)30(15)10-2-3-10)12(18(23)24)14(22)16(8)29-6-9-4-5-21(25,26)17(27)11(9)7-29/h9-11,17-18H,2-7,27H2,1H3,(H,28,31,32). The first-order chi connectivity index (χ1) is 15.0. The Morgan fingerprint density at radius 1 is 1.16 bits per heavy atom. The first kappa shape index (κ1) is 21.4. The molecule has 0 bridgehead atoms. The molecule has 3 fully saturated rings. The number of alkyl halides is 4. The molecular weight excluding hydrogens is 435 g/mol. The molecule has 11 heteroatoms. The molecule has 1 saturated heterocycles. The molecule has 32 heavy (non-hydrogen) atoms. The van der Waals surface area contributed by atoms with Crippen LogP contribution in [0.1, 0.15) is 49.3 Å². The summed E-state index contributed by atoms with van der Waals surface area (Å²) in [5.74, 6) is -5.13. The Morgan fingerprint density at radius 2 is 1.84 bits per heavy atom. The molecule has 1 aromatic heterocycles. The predicted molar refractivity (Wildman–Crippen MR) is 108 cm³/mol. The molecule has 3 N–H and O–H groups in total. The van der Waals surface area contributed by atoms with Crippen molar-refractivity contribution in [2.75, 3.05) is 18.0 Å². The first-order valence-electron chi connectivity index (χ1n) is 10.7. The minimum atomic E-state index is -3.31. The number of H-pyrrole nitrogens is 1. The van der Waals surface area contributed by atoms with Crippen LogP contribution in [-0.2, 0) is 0 Å². The van der Waals surface area contributed by atoms with E-state index in [1.807, 2.05) is 4.98 Å². The molecule has 2 aliphatic carbocycles. The van der Waals surface area contributed by atoms with Gasteiger partial charge in [-0.05, 0) is 32.1 Å². The highest BCUT2D eigenvalue weighted by molar-refractivity contribution is 5.90. The number of hydrogen-bond acceptors (Lipinski definition) is 4. The maximum atomic E-state index is 15.6. The number of benzene rings is 1. The van der Waals surface area contributed by atoms with E-state index in [2.05, 4.69) is 0 Å². The van der Waals surface area contributed by atoms with E-state index in [1.165, 1.54) is 16.4 Å². The summed E-state index contributed by atoms with van der Waals surface area (Å²) in [5, 5.41) is -0.537. The van der Waals surface area contributed by atoms with Crippen LogP contribution in [0.5, 0.6) is 0 Å². The van der Waals surface area contributed by atoms with E-state index in [1.54, 1.807) is 0 Å². The topological polar surface area (TPSA) is 84.1 Å². The summed E-state index contributed by atoms with van der Waals surface area (Å²) in [7, 11) is 0. The number of halogens is 5. The third-order valence-corrected chi connectivity index (χ3v) is 7.30. The van der Waals surface area contributed by atoms with Crippen molar-refractivity contribution in [2.45, 2.75) is 57.0 Å². The number of fused-ring (bicyclic) bond motifs is 2. The number of aryl methyl sites for hydroxylation is 1. The van der Waals surface area contributed by atoms with E-state index in [-0.39, 0.29) is 54.7 Å². The van der Waals surface area contributed by atoms with E-state index in [9.17, 15) is 27.2 Å². The molecule has 0 amide bonds. The number of nitrogens with two attached hydrogens (primary N) is 1. The Morgan fingerprint density at radius 3 is 2.47 bits per heavy atom. The van der Waals surface area contributed by atoms with Gasteiger partial charge in [0.25, 0.3) is 17.9 Å². The van der Waals surface area contributed by atoms with Gasteiger partial charge in [-0.25, -0.2) is 26.7 Å². The van der Waals surface area contributed by atoms with Crippen molar-refractivity contribution in [3.8, 4) is 0 Å². The summed E-state index contributed by atoms with van der Waals surface area (Å²) in [6.07, 6.45) is -2.21. The van der Waals surface area contributed by atoms with Gasteiger partial charge in [0.05, 0.1) is 28.2 Å². The Balaban J connectivity index is 1.74. The Bertz CT molecular complexity index is 1220. The highest BCUT2D eigenvalue weighted by Crippen LogP contribution is 2.47. The SMILES string of the molecule is Cc1c(N2CC3CCC(F)(F)C(N)C3C2)c(F)c(C(F)F)c2c(=O)[nH]c(=O)n(C3CC3)c12. The van der Waals surface area contributed by atoms with Gasteiger partial charge in [-0.15, -0.1) is 0 Å². The lowest BCUT2D eigenvalue weighted by Gasteiger charge is -2.36. The van der Waals surface area contributed by atoms with Gasteiger partial charge in [0.1, 0.15) is 0 Å². The van der Waals surface area contributed by atoms with Crippen molar-refractivity contribution in [3.05, 3.63) is 37.8 Å². The Hall–Kier alpha value is -2.43. The highest BCUT2D eigenvalue weighted by atomic mass is 19.3. The van der Waals surface area contributed by atoms with Gasteiger partial charge in [0.2, 0.25) is 0 Å². The Labute approximate surface area is 179 Å². The number of aromatic amines is 1. The lowest BCUT2D eigenvalue weighted by Crippen LogP contribution is -2.52. The van der Waals surface area contributed by atoms with E-state index in [0.29, 0.717) is 12.8 Å².